The van der Waals surface area contributed by atoms with Crippen LogP contribution in [0.3, 0.4) is 0 Å². The number of halogens is 2. The molecule has 0 saturated heterocycles. The summed E-state index contributed by atoms with van der Waals surface area (Å²) in [4.78, 5) is 29.7. The van der Waals surface area contributed by atoms with Gasteiger partial charge in [-0.05, 0) is 39.3 Å². The van der Waals surface area contributed by atoms with E-state index in [0.717, 1.165) is 0 Å². The number of carbonyl (C=O) groups excluding carboxylic acids is 2. The number of esters is 2. The van der Waals surface area contributed by atoms with Gasteiger partial charge in [0.05, 0.1) is 28.8 Å². The number of rotatable bonds is 5. The third-order valence-electron chi connectivity index (χ3n) is 4.18. The number of nitrogens with zero attached hydrogens (tertiary/aromatic N) is 1. The molecule has 7 heteroatoms. The molecule has 5 nitrogen and oxygen atoms in total. The minimum absolute atomic E-state index is 0.207. The normalized spacial score (nSPS) is 19.8. The summed E-state index contributed by atoms with van der Waals surface area (Å²) in [6, 6.07) is 5.12. The summed E-state index contributed by atoms with van der Waals surface area (Å²) in [6.45, 7) is 7.31. The van der Waals surface area contributed by atoms with Crippen LogP contribution in [0.15, 0.2) is 34.5 Å². The van der Waals surface area contributed by atoms with E-state index in [1.165, 1.54) is 0 Å². The summed E-state index contributed by atoms with van der Waals surface area (Å²) < 4.78 is 10.4. The molecule has 2 rings (SSSR count). The van der Waals surface area contributed by atoms with E-state index in [9.17, 15) is 9.59 Å². The fraction of sp³-hybridized carbons (Fsp3) is 0.421. The second kappa shape index (κ2) is 8.69. The van der Waals surface area contributed by atoms with Crippen molar-refractivity contribution in [2.75, 3.05) is 13.2 Å². The van der Waals surface area contributed by atoms with E-state index >= 15 is 0 Å². The zero-order valence-corrected chi connectivity index (χ0v) is 16.6. The zero-order chi connectivity index (χ0) is 19.4. The lowest BCUT2D eigenvalue weighted by Crippen LogP contribution is -2.36. The van der Waals surface area contributed by atoms with E-state index in [2.05, 4.69) is 4.99 Å². The summed E-state index contributed by atoms with van der Waals surface area (Å²) in [6.07, 6.45) is 0. The standard InChI is InChI=1S/C19H21Cl2NO4/c1-5-25-18(23)14-10(3)22-11(4)15(19(24)26-6-2)16(14)12-8-7-9-13(20)17(12)21/h7-9,14,16H,5-6H2,1-4H3. The lowest BCUT2D eigenvalue weighted by atomic mass is 9.75. The molecule has 1 aromatic carbocycles. The molecule has 0 amide bonds. The van der Waals surface area contributed by atoms with Crippen LogP contribution in [-0.2, 0) is 19.1 Å². The minimum Gasteiger partial charge on any atom is -0.465 e. The molecule has 0 fully saturated rings. The van der Waals surface area contributed by atoms with E-state index in [1.807, 2.05) is 0 Å². The predicted octanol–water partition coefficient (Wildman–Crippen LogP) is 4.57. The van der Waals surface area contributed by atoms with Crippen molar-refractivity contribution < 1.29 is 19.1 Å². The molecule has 26 heavy (non-hydrogen) atoms. The van der Waals surface area contributed by atoms with Crippen molar-refractivity contribution in [1.29, 1.82) is 0 Å². The molecule has 0 aromatic heterocycles. The third-order valence-corrected chi connectivity index (χ3v) is 5.01. The van der Waals surface area contributed by atoms with Gasteiger partial charge in [-0.2, -0.15) is 0 Å². The van der Waals surface area contributed by atoms with Crippen LogP contribution in [-0.4, -0.2) is 30.9 Å². The van der Waals surface area contributed by atoms with E-state index < -0.39 is 23.8 Å². The molecular formula is C19H21Cl2NO4. The van der Waals surface area contributed by atoms with Crippen LogP contribution in [0.5, 0.6) is 0 Å². The van der Waals surface area contributed by atoms with Crippen molar-refractivity contribution in [3.8, 4) is 0 Å². The number of hydrogen-bond acceptors (Lipinski definition) is 5. The van der Waals surface area contributed by atoms with E-state index in [1.54, 1.807) is 45.9 Å². The Balaban J connectivity index is 2.70. The van der Waals surface area contributed by atoms with Gasteiger partial charge in [0.1, 0.15) is 5.92 Å². The molecule has 1 heterocycles. The Labute approximate surface area is 163 Å². The second-order valence-electron chi connectivity index (χ2n) is 5.82. The summed E-state index contributed by atoms with van der Waals surface area (Å²) in [5, 5.41) is 0.630. The van der Waals surface area contributed by atoms with E-state index in [-0.39, 0.29) is 18.2 Å². The fourth-order valence-corrected chi connectivity index (χ4v) is 3.57. The van der Waals surface area contributed by atoms with E-state index in [4.69, 9.17) is 32.7 Å². The van der Waals surface area contributed by atoms with Gasteiger partial charge in [0.15, 0.2) is 0 Å². The molecule has 2 unspecified atom stereocenters. The molecule has 0 spiro atoms. The maximum atomic E-state index is 12.7. The van der Waals surface area contributed by atoms with Crippen molar-refractivity contribution in [2.24, 2.45) is 10.9 Å². The first-order valence-corrected chi connectivity index (χ1v) is 9.12. The number of ether oxygens (including phenoxy) is 2. The Hall–Kier alpha value is -1.85. The van der Waals surface area contributed by atoms with Gasteiger partial charge in [0, 0.05) is 17.3 Å². The highest BCUT2D eigenvalue weighted by Crippen LogP contribution is 2.44. The zero-order valence-electron chi connectivity index (χ0n) is 15.1. The molecule has 1 aliphatic heterocycles. The molecule has 1 aromatic rings. The monoisotopic (exact) mass is 397 g/mol. The highest BCUT2D eigenvalue weighted by atomic mass is 35.5. The number of carbonyl (C=O) groups is 2. The van der Waals surface area contributed by atoms with Crippen LogP contribution in [0.4, 0.5) is 0 Å². The molecule has 2 atom stereocenters. The average Bonchev–Trinajstić information content (AvgIpc) is 2.57. The molecular weight excluding hydrogens is 377 g/mol. The van der Waals surface area contributed by atoms with Crippen LogP contribution in [0, 0.1) is 5.92 Å². The second-order valence-corrected chi connectivity index (χ2v) is 6.61. The molecule has 0 aliphatic carbocycles. The van der Waals surface area contributed by atoms with Crippen LogP contribution in [0.25, 0.3) is 0 Å². The van der Waals surface area contributed by atoms with Crippen molar-refractivity contribution in [3.63, 3.8) is 0 Å². The van der Waals surface area contributed by atoms with Gasteiger partial charge in [-0.25, -0.2) is 4.79 Å². The topological polar surface area (TPSA) is 65.0 Å². The Kier molecular flexibility index (Phi) is 6.84. The van der Waals surface area contributed by atoms with Gasteiger partial charge in [0.2, 0.25) is 0 Å². The molecule has 1 aliphatic rings. The highest BCUT2D eigenvalue weighted by molar-refractivity contribution is 6.42. The first kappa shape index (κ1) is 20.5. The van der Waals surface area contributed by atoms with Crippen molar-refractivity contribution in [3.05, 3.63) is 45.1 Å². The quantitative estimate of drug-likeness (QED) is 0.682. The number of hydrogen-bond donors (Lipinski definition) is 0. The summed E-state index contributed by atoms with van der Waals surface area (Å²) in [5.74, 6) is -2.47. The van der Waals surface area contributed by atoms with Crippen molar-refractivity contribution in [1.82, 2.24) is 0 Å². The summed E-state index contributed by atoms with van der Waals surface area (Å²) >= 11 is 12.6. The van der Waals surface area contributed by atoms with E-state index in [0.29, 0.717) is 27.6 Å². The molecule has 0 bridgehead atoms. The van der Waals surface area contributed by atoms with Crippen LogP contribution in [0.2, 0.25) is 10.0 Å². The Morgan fingerprint density at radius 2 is 1.77 bits per heavy atom. The lowest BCUT2D eigenvalue weighted by Gasteiger charge is -2.32. The van der Waals surface area contributed by atoms with Crippen molar-refractivity contribution in [2.45, 2.75) is 33.6 Å². The average molecular weight is 398 g/mol. The fourth-order valence-electron chi connectivity index (χ4n) is 3.15. The molecule has 0 N–H and O–H groups in total. The maximum absolute atomic E-state index is 12.7. The number of allylic oxidation sites excluding steroid dienone is 1. The minimum atomic E-state index is -0.783. The smallest absolute Gasteiger partial charge is 0.336 e. The number of benzene rings is 1. The third kappa shape index (κ3) is 3.94. The van der Waals surface area contributed by atoms with Gasteiger partial charge < -0.3 is 9.47 Å². The van der Waals surface area contributed by atoms with Crippen LogP contribution >= 0.6 is 23.2 Å². The first-order valence-electron chi connectivity index (χ1n) is 8.37. The largest absolute Gasteiger partial charge is 0.465 e. The van der Waals surface area contributed by atoms with Crippen LogP contribution in [0.1, 0.15) is 39.2 Å². The Morgan fingerprint density at radius 1 is 1.12 bits per heavy atom. The van der Waals surface area contributed by atoms with Gasteiger partial charge in [-0.1, -0.05) is 35.3 Å². The SMILES string of the molecule is CCOC(=O)C1=C(C)N=C(C)C(C(=O)OCC)C1c1cccc(Cl)c1Cl. The Morgan fingerprint density at radius 3 is 2.38 bits per heavy atom. The van der Waals surface area contributed by atoms with Gasteiger partial charge in [-0.3, -0.25) is 9.79 Å². The molecule has 140 valence electrons. The van der Waals surface area contributed by atoms with Crippen molar-refractivity contribution >= 4 is 40.9 Å². The van der Waals surface area contributed by atoms with Gasteiger partial charge >= 0.3 is 11.9 Å². The Bertz CT molecular complexity index is 786. The molecule has 0 saturated carbocycles. The molecule has 0 radical (unpaired) electrons. The predicted molar refractivity (Wildman–Crippen MR) is 102 cm³/mol. The van der Waals surface area contributed by atoms with Gasteiger partial charge in [-0.15, -0.1) is 0 Å². The lowest BCUT2D eigenvalue weighted by molar-refractivity contribution is -0.146. The van der Waals surface area contributed by atoms with Crippen LogP contribution < -0.4 is 0 Å². The highest BCUT2D eigenvalue weighted by Gasteiger charge is 2.43. The maximum Gasteiger partial charge on any atom is 0.336 e. The summed E-state index contributed by atoms with van der Waals surface area (Å²) in [5.41, 5.74) is 1.89. The summed E-state index contributed by atoms with van der Waals surface area (Å²) in [7, 11) is 0. The van der Waals surface area contributed by atoms with Gasteiger partial charge in [0.25, 0.3) is 0 Å². The first-order chi connectivity index (χ1) is 12.3. The number of aliphatic imine (C=N–C) groups is 1.